The van der Waals surface area contributed by atoms with Crippen molar-refractivity contribution in [2.45, 2.75) is 13.1 Å². The molecular formula is C16H14ClFN2. The van der Waals surface area contributed by atoms with Crippen molar-refractivity contribution in [3.05, 3.63) is 70.6 Å². The van der Waals surface area contributed by atoms with E-state index in [4.69, 9.17) is 17.3 Å². The molecule has 1 aromatic heterocycles. The second kappa shape index (κ2) is 5.27. The molecule has 0 aliphatic carbocycles. The van der Waals surface area contributed by atoms with Crippen LogP contribution in [0.1, 0.15) is 11.1 Å². The number of halogens is 2. The molecule has 0 aliphatic heterocycles. The van der Waals surface area contributed by atoms with Crippen molar-refractivity contribution < 1.29 is 4.39 Å². The summed E-state index contributed by atoms with van der Waals surface area (Å²) in [6.45, 7) is 0.841. The standard InChI is InChI=1S/C16H14ClFN2/c17-14-10-20(16-4-2-1-3-13(14)16)9-12-7-11(8-19)5-6-15(12)18/h1-7,10H,8-9,19H2. The number of hydrogen-bond acceptors (Lipinski definition) is 1. The summed E-state index contributed by atoms with van der Waals surface area (Å²) in [6, 6.07) is 12.8. The first kappa shape index (κ1) is 13.2. The van der Waals surface area contributed by atoms with Crippen molar-refractivity contribution in [3.8, 4) is 0 Å². The smallest absolute Gasteiger partial charge is 0.128 e. The highest BCUT2D eigenvalue weighted by atomic mass is 35.5. The van der Waals surface area contributed by atoms with Crippen LogP contribution in [-0.4, -0.2) is 4.57 Å². The van der Waals surface area contributed by atoms with Gasteiger partial charge in [0.25, 0.3) is 0 Å². The number of para-hydroxylation sites is 1. The molecule has 0 aliphatic rings. The van der Waals surface area contributed by atoms with Gasteiger partial charge in [-0.05, 0) is 23.8 Å². The summed E-state index contributed by atoms with van der Waals surface area (Å²) in [5, 5.41) is 1.65. The SMILES string of the molecule is NCc1ccc(F)c(Cn2cc(Cl)c3ccccc32)c1. The van der Waals surface area contributed by atoms with Gasteiger partial charge in [0.05, 0.1) is 11.6 Å². The van der Waals surface area contributed by atoms with Gasteiger partial charge in [0.15, 0.2) is 0 Å². The van der Waals surface area contributed by atoms with Crippen molar-refractivity contribution in [3.63, 3.8) is 0 Å². The van der Waals surface area contributed by atoms with Gasteiger partial charge in [0.2, 0.25) is 0 Å². The molecule has 0 radical (unpaired) electrons. The fraction of sp³-hybridized carbons (Fsp3) is 0.125. The quantitative estimate of drug-likeness (QED) is 0.777. The van der Waals surface area contributed by atoms with Gasteiger partial charge >= 0.3 is 0 Å². The normalized spacial score (nSPS) is 11.2. The molecule has 4 heteroatoms. The molecule has 0 saturated heterocycles. The van der Waals surface area contributed by atoms with Gasteiger partial charge in [0.1, 0.15) is 5.82 Å². The monoisotopic (exact) mass is 288 g/mol. The molecule has 1 heterocycles. The Labute approximate surface area is 121 Å². The lowest BCUT2D eigenvalue weighted by Gasteiger charge is -2.08. The van der Waals surface area contributed by atoms with Crippen molar-refractivity contribution in [2.75, 3.05) is 0 Å². The number of fused-ring (bicyclic) bond motifs is 1. The molecule has 2 N–H and O–H groups in total. The second-order valence-corrected chi connectivity index (χ2v) is 5.16. The minimum absolute atomic E-state index is 0.226. The highest BCUT2D eigenvalue weighted by molar-refractivity contribution is 6.35. The first-order chi connectivity index (χ1) is 9.69. The first-order valence-corrected chi connectivity index (χ1v) is 6.77. The number of rotatable bonds is 3. The highest BCUT2D eigenvalue weighted by Crippen LogP contribution is 2.26. The van der Waals surface area contributed by atoms with E-state index in [9.17, 15) is 4.39 Å². The zero-order chi connectivity index (χ0) is 14.1. The van der Waals surface area contributed by atoms with Crippen LogP contribution in [0.15, 0.2) is 48.7 Å². The summed E-state index contributed by atoms with van der Waals surface area (Å²) in [5.41, 5.74) is 8.14. The van der Waals surface area contributed by atoms with Gasteiger partial charge in [-0.3, -0.25) is 0 Å². The molecule has 0 unspecified atom stereocenters. The molecule has 0 spiro atoms. The summed E-state index contributed by atoms with van der Waals surface area (Å²) in [7, 11) is 0. The Bertz CT molecular complexity index is 764. The zero-order valence-electron chi connectivity index (χ0n) is 10.8. The zero-order valence-corrected chi connectivity index (χ0v) is 11.6. The van der Waals surface area contributed by atoms with E-state index in [2.05, 4.69) is 0 Å². The van der Waals surface area contributed by atoms with Crippen LogP contribution in [0.5, 0.6) is 0 Å². The van der Waals surface area contributed by atoms with Gasteiger partial charge in [0, 0.05) is 29.2 Å². The van der Waals surface area contributed by atoms with Crippen molar-refractivity contribution in [2.24, 2.45) is 5.73 Å². The Morgan fingerprint density at radius 1 is 1.15 bits per heavy atom. The lowest BCUT2D eigenvalue weighted by atomic mass is 10.1. The van der Waals surface area contributed by atoms with E-state index in [0.29, 0.717) is 23.7 Å². The largest absolute Gasteiger partial charge is 0.341 e. The molecule has 3 aromatic rings. The molecule has 0 fully saturated rings. The van der Waals surface area contributed by atoms with Crippen molar-refractivity contribution in [1.29, 1.82) is 0 Å². The average Bonchev–Trinajstić information content (AvgIpc) is 2.78. The van der Waals surface area contributed by atoms with Crippen LogP contribution >= 0.6 is 11.6 Å². The van der Waals surface area contributed by atoms with Crippen LogP contribution in [0.4, 0.5) is 4.39 Å². The van der Waals surface area contributed by atoms with Gasteiger partial charge < -0.3 is 10.3 Å². The molecule has 102 valence electrons. The Hall–Kier alpha value is -1.84. The van der Waals surface area contributed by atoms with Crippen LogP contribution in [-0.2, 0) is 13.1 Å². The van der Waals surface area contributed by atoms with E-state index in [0.717, 1.165) is 16.5 Å². The summed E-state index contributed by atoms with van der Waals surface area (Å²) in [5.74, 6) is -0.226. The van der Waals surface area contributed by atoms with Gasteiger partial charge in [-0.15, -0.1) is 0 Å². The Balaban J connectivity index is 2.05. The van der Waals surface area contributed by atoms with Crippen LogP contribution in [0.2, 0.25) is 5.02 Å². The molecule has 20 heavy (non-hydrogen) atoms. The molecule has 0 atom stereocenters. The van der Waals surface area contributed by atoms with Crippen LogP contribution in [0.3, 0.4) is 0 Å². The third kappa shape index (κ3) is 2.30. The lowest BCUT2D eigenvalue weighted by Crippen LogP contribution is -2.03. The molecule has 0 amide bonds. The highest BCUT2D eigenvalue weighted by Gasteiger charge is 2.09. The predicted octanol–water partition coefficient (Wildman–Crippen LogP) is 3.94. The summed E-state index contributed by atoms with van der Waals surface area (Å²) >= 11 is 6.21. The molecule has 0 saturated carbocycles. The summed E-state index contributed by atoms with van der Waals surface area (Å²) in [6.07, 6.45) is 1.83. The van der Waals surface area contributed by atoms with E-state index in [1.54, 1.807) is 12.1 Å². The van der Waals surface area contributed by atoms with E-state index in [1.165, 1.54) is 6.07 Å². The first-order valence-electron chi connectivity index (χ1n) is 6.40. The maximum absolute atomic E-state index is 13.9. The molecule has 3 rings (SSSR count). The number of nitrogens with two attached hydrogens (primary N) is 1. The maximum Gasteiger partial charge on any atom is 0.128 e. The topological polar surface area (TPSA) is 30.9 Å². The Kier molecular flexibility index (Phi) is 3.47. The minimum atomic E-state index is -0.226. The van der Waals surface area contributed by atoms with E-state index < -0.39 is 0 Å². The van der Waals surface area contributed by atoms with Gasteiger partial charge in [-0.1, -0.05) is 35.9 Å². The third-order valence-electron chi connectivity index (χ3n) is 3.43. The Morgan fingerprint density at radius 3 is 2.75 bits per heavy atom. The summed E-state index contributed by atoms with van der Waals surface area (Å²) < 4.78 is 15.9. The van der Waals surface area contributed by atoms with E-state index in [1.807, 2.05) is 35.0 Å². The third-order valence-corrected chi connectivity index (χ3v) is 3.73. The molecular weight excluding hydrogens is 275 g/mol. The lowest BCUT2D eigenvalue weighted by molar-refractivity contribution is 0.601. The minimum Gasteiger partial charge on any atom is -0.341 e. The Morgan fingerprint density at radius 2 is 1.95 bits per heavy atom. The van der Waals surface area contributed by atoms with Crippen LogP contribution in [0, 0.1) is 5.82 Å². The fourth-order valence-corrected chi connectivity index (χ4v) is 2.67. The molecule has 2 aromatic carbocycles. The predicted molar refractivity (Wildman–Crippen MR) is 80.3 cm³/mol. The number of benzene rings is 2. The maximum atomic E-state index is 13.9. The molecule has 0 bridgehead atoms. The summed E-state index contributed by atoms with van der Waals surface area (Å²) in [4.78, 5) is 0. The number of hydrogen-bond donors (Lipinski definition) is 1. The van der Waals surface area contributed by atoms with E-state index in [-0.39, 0.29) is 5.82 Å². The van der Waals surface area contributed by atoms with Crippen LogP contribution in [0.25, 0.3) is 10.9 Å². The van der Waals surface area contributed by atoms with Crippen molar-refractivity contribution in [1.82, 2.24) is 4.57 Å². The molecule has 2 nitrogen and oxygen atoms in total. The number of nitrogens with zero attached hydrogens (tertiary/aromatic N) is 1. The van der Waals surface area contributed by atoms with Crippen molar-refractivity contribution >= 4 is 22.5 Å². The average molecular weight is 289 g/mol. The van der Waals surface area contributed by atoms with Gasteiger partial charge in [-0.2, -0.15) is 0 Å². The van der Waals surface area contributed by atoms with E-state index >= 15 is 0 Å². The number of aromatic nitrogens is 1. The van der Waals surface area contributed by atoms with Crippen LogP contribution < -0.4 is 5.73 Å². The fourth-order valence-electron chi connectivity index (χ4n) is 2.39. The second-order valence-electron chi connectivity index (χ2n) is 4.75. The van der Waals surface area contributed by atoms with Gasteiger partial charge in [-0.25, -0.2) is 4.39 Å².